The second-order valence-corrected chi connectivity index (χ2v) is 5.90. The van der Waals surface area contributed by atoms with Crippen molar-refractivity contribution in [2.75, 3.05) is 0 Å². The van der Waals surface area contributed by atoms with Gasteiger partial charge in [0, 0.05) is 33.6 Å². The summed E-state index contributed by atoms with van der Waals surface area (Å²) in [5.74, 6) is 0. The molecule has 5 rings (SSSR count). The lowest BCUT2D eigenvalue weighted by molar-refractivity contribution is 1.13. The van der Waals surface area contributed by atoms with Gasteiger partial charge in [0.25, 0.3) is 0 Å². The van der Waals surface area contributed by atoms with Crippen molar-refractivity contribution in [1.29, 1.82) is 0 Å². The van der Waals surface area contributed by atoms with E-state index in [9.17, 15) is 0 Å². The normalized spacial score (nSPS) is 13.9. The molecule has 0 aliphatic carbocycles. The van der Waals surface area contributed by atoms with E-state index in [4.69, 9.17) is 2.74 Å². The van der Waals surface area contributed by atoms with Crippen LogP contribution in [0.2, 0.25) is 0 Å². The van der Waals surface area contributed by atoms with E-state index in [-0.39, 0.29) is 12.2 Å². The molecule has 0 spiro atoms. The van der Waals surface area contributed by atoms with Crippen LogP contribution in [0.5, 0.6) is 0 Å². The lowest BCUT2D eigenvalue weighted by atomic mass is 10.0. The zero-order valence-electron chi connectivity index (χ0n) is 12.8. The Morgan fingerprint density at radius 2 is 2.00 bits per heavy atom. The molecular weight excluding hydrogens is 278 g/mol. The highest BCUT2D eigenvalue weighted by atomic mass is 32.2. The summed E-state index contributed by atoms with van der Waals surface area (Å²) < 4.78 is 16.1. The molecule has 0 bridgehead atoms. The molecule has 4 heterocycles. The van der Waals surface area contributed by atoms with Crippen LogP contribution in [-0.2, 0) is 0 Å². The maximum atomic E-state index is 8.11. The molecule has 0 saturated carbocycles. The van der Waals surface area contributed by atoms with Crippen molar-refractivity contribution in [3.8, 4) is 11.3 Å². The summed E-state index contributed by atoms with van der Waals surface area (Å²) in [5.41, 5.74) is 2.36. The van der Waals surface area contributed by atoms with Gasteiger partial charge in [0.2, 0.25) is 0 Å². The first kappa shape index (κ1) is 9.47. The largest absolute Gasteiger partial charge is 0.255 e. The molecule has 3 aromatic heterocycles. The highest BCUT2D eigenvalue weighted by Gasteiger charge is 2.21. The van der Waals surface area contributed by atoms with E-state index in [0.29, 0.717) is 5.65 Å². The second kappa shape index (κ2) is 4.02. The van der Waals surface area contributed by atoms with Crippen molar-refractivity contribution in [2.24, 2.45) is 0 Å². The van der Waals surface area contributed by atoms with Crippen LogP contribution in [0.15, 0.2) is 64.7 Å². The highest BCUT2D eigenvalue weighted by molar-refractivity contribution is 7.99. The first-order valence-corrected chi connectivity index (χ1v) is 7.38. The third-order valence-electron chi connectivity index (χ3n) is 3.64. The molecule has 1 aliphatic rings. The van der Waals surface area contributed by atoms with Crippen LogP contribution in [0.4, 0.5) is 0 Å². The standard InChI is InChI=1S/C17H9N3S/c1-3-10-6-8-18-15-12-9-11-4-2-7-19-16(11)20-17(12)21-13(5-1)14(10)15/h1-9H/i6D,8D. The quantitative estimate of drug-likeness (QED) is 0.426. The van der Waals surface area contributed by atoms with Crippen molar-refractivity contribution in [3.63, 3.8) is 0 Å². The summed E-state index contributed by atoms with van der Waals surface area (Å²) in [6.45, 7) is 0. The number of hydrogen-bond acceptors (Lipinski definition) is 4. The van der Waals surface area contributed by atoms with Crippen molar-refractivity contribution < 1.29 is 2.74 Å². The molecule has 4 heteroatoms. The second-order valence-electron chi connectivity index (χ2n) is 4.87. The molecule has 0 saturated heterocycles. The van der Waals surface area contributed by atoms with Gasteiger partial charge in [-0.25, -0.2) is 9.97 Å². The molecule has 4 aromatic rings. The van der Waals surface area contributed by atoms with Crippen LogP contribution in [0.25, 0.3) is 33.1 Å². The first-order valence-electron chi connectivity index (χ1n) is 7.56. The summed E-state index contributed by atoms with van der Waals surface area (Å²) in [4.78, 5) is 14.4. The van der Waals surface area contributed by atoms with Crippen LogP contribution >= 0.6 is 11.8 Å². The van der Waals surface area contributed by atoms with E-state index in [1.54, 1.807) is 18.0 Å². The smallest absolute Gasteiger partial charge is 0.160 e. The lowest BCUT2D eigenvalue weighted by Gasteiger charge is -2.18. The minimum atomic E-state index is -0.00576. The van der Waals surface area contributed by atoms with Crippen molar-refractivity contribution >= 4 is 33.6 Å². The number of aromatic nitrogens is 3. The van der Waals surface area contributed by atoms with Crippen molar-refractivity contribution in [2.45, 2.75) is 9.92 Å². The van der Waals surface area contributed by atoms with E-state index in [1.807, 2.05) is 36.4 Å². The van der Waals surface area contributed by atoms with Crippen LogP contribution in [-0.4, -0.2) is 15.0 Å². The van der Waals surface area contributed by atoms with E-state index in [1.165, 1.54) is 0 Å². The molecule has 0 N–H and O–H groups in total. The van der Waals surface area contributed by atoms with Gasteiger partial charge in [-0.3, -0.25) is 4.98 Å². The molecule has 3 nitrogen and oxygen atoms in total. The number of fused-ring (bicyclic) bond motifs is 3. The molecule has 1 aromatic carbocycles. The molecular formula is C17H9N3S. The minimum Gasteiger partial charge on any atom is -0.255 e. The van der Waals surface area contributed by atoms with E-state index in [0.717, 1.165) is 37.3 Å². The predicted octanol–water partition coefficient (Wildman–Crippen LogP) is 4.31. The monoisotopic (exact) mass is 289 g/mol. The van der Waals surface area contributed by atoms with Crippen molar-refractivity contribution in [3.05, 3.63) is 54.8 Å². The Labute approximate surface area is 127 Å². The molecule has 0 amide bonds. The van der Waals surface area contributed by atoms with Crippen molar-refractivity contribution in [1.82, 2.24) is 15.0 Å². The maximum Gasteiger partial charge on any atom is 0.160 e. The SMILES string of the molecule is [2H]c1nc2c3c(cccc3c1[2H])Sc1nc3ncccc3cc1-2. The Hall–Kier alpha value is -2.46. The van der Waals surface area contributed by atoms with Crippen LogP contribution in [0.3, 0.4) is 0 Å². The van der Waals surface area contributed by atoms with Gasteiger partial charge < -0.3 is 0 Å². The van der Waals surface area contributed by atoms with Gasteiger partial charge >= 0.3 is 0 Å². The maximum absolute atomic E-state index is 8.11. The molecule has 21 heavy (non-hydrogen) atoms. The Morgan fingerprint density at radius 1 is 1.05 bits per heavy atom. The van der Waals surface area contributed by atoms with E-state index < -0.39 is 0 Å². The van der Waals surface area contributed by atoms with Gasteiger partial charge in [-0.2, -0.15) is 0 Å². The number of rotatable bonds is 0. The summed E-state index contributed by atoms with van der Waals surface area (Å²) in [7, 11) is 0. The molecule has 0 fully saturated rings. The third kappa shape index (κ3) is 1.53. The van der Waals surface area contributed by atoms with Crippen LogP contribution in [0.1, 0.15) is 2.74 Å². The number of hydrogen-bond donors (Lipinski definition) is 0. The lowest BCUT2D eigenvalue weighted by Crippen LogP contribution is -1.98. The predicted molar refractivity (Wildman–Crippen MR) is 84.4 cm³/mol. The van der Waals surface area contributed by atoms with Gasteiger partial charge in [-0.15, -0.1) is 0 Å². The van der Waals surface area contributed by atoms with Gasteiger partial charge in [-0.05, 0) is 35.7 Å². The van der Waals surface area contributed by atoms with E-state index in [2.05, 4.69) is 15.0 Å². The topological polar surface area (TPSA) is 38.7 Å². The van der Waals surface area contributed by atoms with Gasteiger partial charge in [0.05, 0.1) is 8.44 Å². The molecule has 0 atom stereocenters. The average Bonchev–Trinajstić information content (AvgIpc) is 2.57. The van der Waals surface area contributed by atoms with Crippen LogP contribution in [0, 0.1) is 0 Å². The average molecular weight is 289 g/mol. The number of pyridine rings is 3. The van der Waals surface area contributed by atoms with Gasteiger partial charge in [-0.1, -0.05) is 23.9 Å². The molecule has 98 valence electrons. The van der Waals surface area contributed by atoms with E-state index >= 15 is 0 Å². The first-order chi connectivity index (χ1) is 11.2. The Kier molecular flexibility index (Phi) is 1.81. The molecule has 0 radical (unpaired) electrons. The Morgan fingerprint density at radius 3 is 3.00 bits per heavy atom. The summed E-state index contributed by atoms with van der Waals surface area (Å²) in [5, 5.41) is 3.50. The zero-order valence-corrected chi connectivity index (χ0v) is 11.6. The van der Waals surface area contributed by atoms with Gasteiger partial charge in [0.1, 0.15) is 5.03 Å². The molecule has 0 unspecified atom stereocenters. The van der Waals surface area contributed by atoms with Crippen LogP contribution < -0.4 is 0 Å². The highest BCUT2D eigenvalue weighted by Crippen LogP contribution is 2.46. The van der Waals surface area contributed by atoms with Gasteiger partial charge in [0.15, 0.2) is 5.65 Å². The Balaban J connectivity index is 1.96. The summed E-state index contributed by atoms with van der Waals surface area (Å²) in [6, 6.07) is 11.9. The summed E-state index contributed by atoms with van der Waals surface area (Å²) >= 11 is 1.57. The third-order valence-corrected chi connectivity index (χ3v) is 4.70. The fourth-order valence-corrected chi connectivity index (χ4v) is 3.76. The fraction of sp³-hybridized carbons (Fsp3) is 0. The fourth-order valence-electron chi connectivity index (χ4n) is 2.70. The minimum absolute atomic E-state index is 0.00576. The molecule has 1 aliphatic heterocycles. The number of benzene rings is 1. The summed E-state index contributed by atoms with van der Waals surface area (Å²) in [6.07, 6.45) is 1.73. The zero-order chi connectivity index (χ0) is 15.6. The number of nitrogens with zero attached hydrogens (tertiary/aromatic N) is 3. The Bertz CT molecular complexity index is 1130.